The van der Waals surface area contributed by atoms with E-state index in [9.17, 15) is 13.6 Å². The molecule has 0 saturated heterocycles. The maximum Gasteiger partial charge on any atom is 0.317 e. The van der Waals surface area contributed by atoms with Gasteiger partial charge in [-0.3, -0.25) is 9.69 Å². The van der Waals surface area contributed by atoms with Crippen LogP contribution in [-0.2, 0) is 18.0 Å². The number of aromatic nitrogens is 8. The lowest BCUT2D eigenvalue weighted by atomic mass is 10.0. The summed E-state index contributed by atoms with van der Waals surface area (Å²) in [6, 6.07) is 23.1. The number of carboxylic acids is 1. The lowest BCUT2D eigenvalue weighted by molar-refractivity contribution is -0.137. The van der Waals surface area contributed by atoms with E-state index in [-0.39, 0.29) is 6.54 Å². The van der Waals surface area contributed by atoms with E-state index in [1.54, 1.807) is 88.5 Å². The van der Waals surface area contributed by atoms with Crippen molar-refractivity contribution < 1.29 is 37.6 Å². The lowest BCUT2D eigenvalue weighted by Crippen LogP contribution is -2.20. The van der Waals surface area contributed by atoms with Crippen LogP contribution in [0.5, 0.6) is 34.5 Å². The third-order valence-electron chi connectivity index (χ3n) is 12.9. The molecule has 0 amide bonds. The van der Waals surface area contributed by atoms with Gasteiger partial charge >= 0.3 is 5.97 Å². The maximum absolute atomic E-state index is 14.3. The number of nitrogen functional groups attached to an aromatic ring is 2. The predicted molar refractivity (Wildman–Crippen MR) is 299 cm³/mol. The fourth-order valence-electron chi connectivity index (χ4n) is 9.35. The Bertz CT molecular complexity index is 3580. The quantitative estimate of drug-likeness (QED) is 0.0766. The van der Waals surface area contributed by atoms with Crippen molar-refractivity contribution in [1.82, 2.24) is 44.4 Å². The fourth-order valence-corrected chi connectivity index (χ4v) is 10.8. The molecule has 0 spiro atoms. The predicted octanol–water partition coefficient (Wildman–Crippen LogP) is 12.9. The zero-order chi connectivity index (χ0) is 55.6. The number of anilines is 2. The first-order valence-corrected chi connectivity index (χ1v) is 27.2. The van der Waals surface area contributed by atoms with Crippen LogP contribution in [0.4, 0.5) is 26.1 Å². The minimum absolute atomic E-state index is 0.111. The van der Waals surface area contributed by atoms with Gasteiger partial charge < -0.3 is 40.4 Å². The molecule has 0 atom stereocenters. The van der Waals surface area contributed by atoms with Crippen molar-refractivity contribution in [3.8, 4) is 45.9 Å². The molecule has 2 aliphatic rings. The van der Waals surface area contributed by atoms with Gasteiger partial charge in [-0.25, -0.2) is 33.4 Å². The van der Waals surface area contributed by atoms with Crippen molar-refractivity contribution >= 4 is 57.0 Å². The Morgan fingerprint density at radius 2 is 1.15 bits per heavy atom. The Morgan fingerprint density at radius 3 is 1.59 bits per heavy atom. The molecule has 22 heteroatoms. The Labute approximate surface area is 463 Å². The lowest BCUT2D eigenvalue weighted by Gasteiger charge is -2.10. The Kier molecular flexibility index (Phi) is 17.7. The van der Waals surface area contributed by atoms with Crippen molar-refractivity contribution in [2.45, 2.75) is 90.3 Å². The van der Waals surface area contributed by atoms with Gasteiger partial charge in [-0.2, -0.15) is 9.78 Å². The standard InChI is InChI=1S/C27H25FN6O2S.C26H24FN5O2S.C4H9NO2/c1-16-30-13-23(37-16)14-35-21-10-18(28)11-22(12-21)36-20-8-6-19(7-9-20)34-26-25(31-15-32-27(26)29)24(33-34)17-4-2-3-5-17;1-16-30-14-23(35-16)15-33-21-11-18(27)12-22(13-21)34-20-9-7-19(8-10-20)32-26(29-2)24(28)25(31-32)17-5-3-4-6-17;1-5(2)3-4(6)7/h6-13,15,17H,2-5,14H2,1H3,(H2,29,31,32);7-14,17H,3-6,15,28H2,1H3;3H2,1-2H3,(H,6,7). The Hall–Kier alpha value is -8.52. The molecule has 2 fully saturated rings. The number of rotatable bonds is 16. The molecule has 11 rings (SSSR count). The first kappa shape index (κ1) is 55.2. The zero-order valence-corrected chi connectivity index (χ0v) is 45.6. The zero-order valence-electron chi connectivity index (χ0n) is 43.9. The molecule has 79 heavy (non-hydrogen) atoms. The van der Waals surface area contributed by atoms with E-state index < -0.39 is 17.6 Å². The van der Waals surface area contributed by atoms with Gasteiger partial charge in [0.25, 0.3) is 5.82 Å². The molecule has 5 heterocycles. The van der Waals surface area contributed by atoms with E-state index in [1.807, 2.05) is 38.1 Å². The molecule has 9 aromatic rings. The Balaban J connectivity index is 0.000000171. The summed E-state index contributed by atoms with van der Waals surface area (Å²) in [5, 5.41) is 19.5. The van der Waals surface area contributed by atoms with Gasteiger partial charge in [0.05, 0.1) is 49.1 Å². The summed E-state index contributed by atoms with van der Waals surface area (Å²) in [5.74, 6) is 2.21. The smallest absolute Gasteiger partial charge is 0.317 e. The number of nitrogens with two attached hydrogens (primary N) is 2. The molecule has 0 bridgehead atoms. The molecular weight excluding hydrogens is 1050 g/mol. The average molecular weight is 1110 g/mol. The number of ether oxygens (including phenoxy) is 4. The van der Waals surface area contributed by atoms with Crippen molar-refractivity contribution in [3.63, 3.8) is 0 Å². The number of carboxylic acid groups (broad SMARTS) is 1. The first-order valence-electron chi connectivity index (χ1n) is 25.5. The van der Waals surface area contributed by atoms with E-state index in [4.69, 9.17) is 47.2 Å². The van der Waals surface area contributed by atoms with Gasteiger partial charge in [-0.1, -0.05) is 37.4 Å². The molecule has 0 aliphatic heterocycles. The first-order chi connectivity index (χ1) is 38.2. The normalized spacial score (nSPS) is 13.4. The number of halogens is 2. The van der Waals surface area contributed by atoms with Crippen LogP contribution in [-0.4, -0.2) is 76.1 Å². The number of hydrogen-bond acceptors (Lipinski definition) is 16. The fraction of sp³-hybridized carbons (Fsp3) is 0.298. The average Bonchev–Trinajstić information content (AvgIpc) is 4.47. The minimum atomic E-state index is -0.787. The summed E-state index contributed by atoms with van der Waals surface area (Å²) in [4.78, 5) is 34.0. The molecule has 408 valence electrons. The van der Waals surface area contributed by atoms with Gasteiger partial charge in [0.1, 0.15) is 82.4 Å². The largest absolute Gasteiger partial charge is 0.488 e. The van der Waals surface area contributed by atoms with Gasteiger partial charge in [0, 0.05) is 60.6 Å². The minimum Gasteiger partial charge on any atom is -0.488 e. The van der Waals surface area contributed by atoms with Gasteiger partial charge in [-0.15, -0.1) is 22.7 Å². The number of aliphatic carboxylic acids is 1. The van der Waals surface area contributed by atoms with Gasteiger partial charge in [0.2, 0.25) is 0 Å². The summed E-state index contributed by atoms with van der Waals surface area (Å²) in [6.07, 6.45) is 14.0. The maximum atomic E-state index is 14.3. The van der Waals surface area contributed by atoms with E-state index in [2.05, 4.69) is 29.9 Å². The van der Waals surface area contributed by atoms with Crippen molar-refractivity contribution in [2.75, 3.05) is 32.1 Å². The molecule has 18 nitrogen and oxygen atoms in total. The third kappa shape index (κ3) is 14.2. The number of benzene rings is 4. The number of fused-ring (bicyclic) bond motifs is 1. The van der Waals surface area contributed by atoms with Crippen LogP contribution in [0.15, 0.2) is 104 Å². The monoisotopic (exact) mass is 1110 g/mol. The molecule has 2 saturated carbocycles. The molecule has 5 N–H and O–H groups in total. The molecular formula is C57H58F2N12O6S2. The Morgan fingerprint density at radius 1 is 0.684 bits per heavy atom. The van der Waals surface area contributed by atoms with Crippen LogP contribution in [0.3, 0.4) is 0 Å². The van der Waals surface area contributed by atoms with Crippen LogP contribution in [0.1, 0.15) is 94.4 Å². The number of thiazole rings is 2. The third-order valence-corrected chi connectivity index (χ3v) is 14.7. The van der Waals surface area contributed by atoms with E-state index >= 15 is 0 Å². The number of carbonyl (C=O) groups is 1. The highest BCUT2D eigenvalue weighted by Gasteiger charge is 2.28. The van der Waals surface area contributed by atoms with Crippen LogP contribution in [0.2, 0.25) is 0 Å². The summed E-state index contributed by atoms with van der Waals surface area (Å²) in [7, 11) is 3.43. The highest BCUT2D eigenvalue weighted by Crippen LogP contribution is 2.42. The van der Waals surface area contributed by atoms with Crippen molar-refractivity contribution in [1.29, 1.82) is 0 Å². The second kappa shape index (κ2) is 25.3. The molecule has 4 aromatic carbocycles. The SMILES string of the molecule is CN(C)CC(=O)O.Cc1ncc(COc2cc(F)cc(Oc3ccc(-n4nc(C5CCCC5)c5ncnc(N)c54)cc3)c2)s1.[C-]#[N+]c1c(N)c(C2CCCC2)nn1-c1ccc(Oc2cc(F)cc(OCc3cnc(C)s3)c2)cc1. The van der Waals surface area contributed by atoms with E-state index in [0.29, 0.717) is 88.1 Å². The van der Waals surface area contributed by atoms with Gasteiger partial charge in [-0.05, 0) is 102 Å². The summed E-state index contributed by atoms with van der Waals surface area (Å²) >= 11 is 3.08. The second-order valence-electron chi connectivity index (χ2n) is 19.2. The number of likely N-dealkylation sites (N-methyl/N-ethyl adjacent to an activating group) is 1. The number of nitrogens with zero attached hydrogens (tertiary/aromatic N) is 10. The van der Waals surface area contributed by atoms with E-state index in [0.717, 1.165) is 80.9 Å². The van der Waals surface area contributed by atoms with Crippen LogP contribution >= 0.6 is 22.7 Å². The topological polar surface area (TPSA) is 221 Å². The second-order valence-corrected chi connectivity index (χ2v) is 21.8. The van der Waals surface area contributed by atoms with Crippen LogP contribution < -0.4 is 30.4 Å². The summed E-state index contributed by atoms with van der Waals surface area (Å²) in [6.45, 7) is 12.2. The van der Waals surface area contributed by atoms with Crippen molar-refractivity contribution in [2.24, 2.45) is 0 Å². The highest BCUT2D eigenvalue weighted by atomic mass is 32.1. The number of aryl methyl sites for hydroxylation is 2. The van der Waals surface area contributed by atoms with Crippen LogP contribution in [0.25, 0.3) is 27.3 Å². The number of hydrogen-bond donors (Lipinski definition) is 3. The van der Waals surface area contributed by atoms with Gasteiger partial charge in [0.15, 0.2) is 5.82 Å². The molecule has 0 radical (unpaired) electrons. The highest BCUT2D eigenvalue weighted by molar-refractivity contribution is 7.11. The summed E-state index contributed by atoms with van der Waals surface area (Å²) in [5.41, 5.74) is 17.8. The summed E-state index contributed by atoms with van der Waals surface area (Å²) < 4.78 is 55.1. The molecule has 2 aliphatic carbocycles. The molecule has 5 aromatic heterocycles. The van der Waals surface area contributed by atoms with Crippen LogP contribution in [0, 0.1) is 32.1 Å². The molecule has 0 unspecified atom stereocenters. The van der Waals surface area contributed by atoms with Crippen molar-refractivity contribution in [3.05, 3.63) is 158 Å². The van der Waals surface area contributed by atoms with E-state index in [1.165, 1.54) is 54.8 Å².